The minimum atomic E-state index is -5.43. The van der Waals surface area contributed by atoms with Crippen LogP contribution in [0.1, 0.15) is 12.8 Å². The summed E-state index contributed by atoms with van der Waals surface area (Å²) in [5.74, 6) is -4.93. The molecule has 0 fully saturated rings. The van der Waals surface area contributed by atoms with E-state index >= 15 is 17.6 Å². The molecule has 4 aromatic carbocycles. The van der Waals surface area contributed by atoms with Gasteiger partial charge in [-0.05, 0) is 0 Å². The third-order valence-corrected chi connectivity index (χ3v) is 19.9. The van der Waals surface area contributed by atoms with Crippen LogP contribution in [0.15, 0.2) is 136 Å². The number of halogens is 6. The van der Waals surface area contributed by atoms with E-state index in [1.54, 1.807) is 36.5 Å². The summed E-state index contributed by atoms with van der Waals surface area (Å²) in [7, 11) is -8.79. The van der Waals surface area contributed by atoms with E-state index in [1.807, 2.05) is 0 Å². The fourth-order valence-electron chi connectivity index (χ4n) is 6.01. The first kappa shape index (κ1) is 35.6. The molecule has 0 spiro atoms. The van der Waals surface area contributed by atoms with E-state index in [1.165, 1.54) is 48.5 Å². The van der Waals surface area contributed by atoms with Crippen molar-refractivity contribution in [2.45, 2.75) is 22.6 Å². The van der Waals surface area contributed by atoms with Gasteiger partial charge in [0.25, 0.3) is 0 Å². The predicted octanol–water partition coefficient (Wildman–Crippen LogP) is 8.16. The van der Waals surface area contributed by atoms with Crippen LogP contribution in [0.3, 0.4) is 0 Å². The molecule has 6 rings (SSSR count). The van der Waals surface area contributed by atoms with E-state index in [0.29, 0.717) is 16.7 Å². The molecule has 2 N–H and O–H groups in total. The van der Waals surface area contributed by atoms with Gasteiger partial charge >= 0.3 is 303 Å². The maximum atomic E-state index is 17.0. The van der Waals surface area contributed by atoms with Gasteiger partial charge in [0.1, 0.15) is 0 Å². The molecule has 0 unspecified atom stereocenters. The van der Waals surface area contributed by atoms with Gasteiger partial charge in [0, 0.05) is 0 Å². The van der Waals surface area contributed by atoms with Gasteiger partial charge in [-0.3, -0.25) is 0 Å². The Balaban J connectivity index is 1.60. The second-order valence-electron chi connectivity index (χ2n) is 11.1. The Hall–Kier alpha value is -3.27. The molecule has 0 saturated carbocycles. The number of nitrogens with one attached hydrogen (secondary N) is 2. The molecule has 0 atom stereocenters. The molecule has 252 valence electrons. The number of rotatable bonds is 10. The van der Waals surface area contributed by atoms with E-state index in [4.69, 9.17) is 0 Å². The quantitative estimate of drug-likeness (QED) is 0.124. The molecule has 2 aliphatic rings. The van der Waals surface area contributed by atoms with Gasteiger partial charge in [-0.15, -0.1) is 0 Å². The number of anilines is 2. The zero-order valence-corrected chi connectivity index (χ0v) is 31.4. The minimum absolute atomic E-state index is 0.0960. The monoisotopic (exact) mass is 870 g/mol. The summed E-state index contributed by atoms with van der Waals surface area (Å²) < 4.78 is 125. The van der Waals surface area contributed by atoms with E-state index < -0.39 is 79.0 Å². The van der Waals surface area contributed by atoms with Gasteiger partial charge in [-0.2, -0.15) is 0 Å². The summed E-state index contributed by atoms with van der Waals surface area (Å²) in [6, 6.07) is 14.6. The predicted molar refractivity (Wildman–Crippen MR) is 186 cm³/mol. The Bertz CT molecular complexity index is 2170. The molecule has 0 aromatic heterocycles. The fraction of sp³-hybridized carbons (Fsp3) is 0.0588. The van der Waals surface area contributed by atoms with Crippen molar-refractivity contribution in [3.05, 3.63) is 149 Å². The van der Waals surface area contributed by atoms with Crippen LogP contribution < -0.4 is 17.2 Å². The Morgan fingerprint density at radius 1 is 0.551 bits per heavy atom. The summed E-state index contributed by atoms with van der Waals surface area (Å²) in [6.45, 7) is 0. The van der Waals surface area contributed by atoms with Crippen molar-refractivity contribution in [2.75, 3.05) is 9.44 Å². The van der Waals surface area contributed by atoms with E-state index in [2.05, 4.69) is 41.3 Å². The summed E-state index contributed by atoms with van der Waals surface area (Å²) in [4.78, 5) is -0.413. The summed E-state index contributed by atoms with van der Waals surface area (Å²) in [5, 5.41) is 0. The van der Waals surface area contributed by atoms with Gasteiger partial charge in [0.2, 0.25) is 0 Å². The Morgan fingerprint density at radius 2 is 0.918 bits per heavy atom. The second kappa shape index (κ2) is 13.8. The number of benzene rings is 4. The number of sulfonamides is 2. The van der Waals surface area contributed by atoms with E-state index in [-0.39, 0.29) is 22.6 Å². The third kappa shape index (κ3) is 6.66. The van der Waals surface area contributed by atoms with Crippen molar-refractivity contribution in [1.29, 1.82) is 0 Å². The molecular formula is C34H24Br2F4N2O4S2Ti. The van der Waals surface area contributed by atoms with Crippen molar-refractivity contribution in [2.24, 2.45) is 0 Å². The average Bonchev–Trinajstić information content (AvgIpc) is 3.80. The van der Waals surface area contributed by atoms with Gasteiger partial charge < -0.3 is 0 Å². The first-order valence-electron chi connectivity index (χ1n) is 14.5. The van der Waals surface area contributed by atoms with Crippen molar-refractivity contribution in [1.82, 2.24) is 0 Å². The van der Waals surface area contributed by atoms with E-state index in [9.17, 15) is 16.8 Å². The standard InChI is InChI=1S/2C12H7BrF2NO2S.2C5H5.Ti/c2*13-8-1-4-10(5-2-8)19(17,18)16-12-6-3-9(14)7-11(12)15;2*1-2-4-5-3-1;/h2*1-6,16H;2*1-3H,4H2;. The molecular weight excluding hydrogens is 848 g/mol. The van der Waals surface area contributed by atoms with Crippen molar-refractivity contribution >= 4 is 71.0 Å². The van der Waals surface area contributed by atoms with Crippen molar-refractivity contribution in [3.63, 3.8) is 0 Å². The first-order valence-corrected chi connectivity index (χ1v) is 22.2. The van der Waals surface area contributed by atoms with Crippen LogP contribution in [0, 0.1) is 23.3 Å². The molecule has 6 nitrogen and oxygen atoms in total. The first-order chi connectivity index (χ1) is 23.3. The van der Waals surface area contributed by atoms with Crippen LogP contribution in [0.5, 0.6) is 0 Å². The van der Waals surface area contributed by atoms with Gasteiger partial charge in [-0.25, -0.2) is 0 Å². The Morgan fingerprint density at radius 3 is 1.24 bits per heavy atom. The molecule has 49 heavy (non-hydrogen) atoms. The SMILES string of the molecule is O=S(=O)(Nc1ccc(F)[c]([Ti]([C]2=CC=CC2)([C]2=CC=CC2)[c]2c(F)ccc(NS(=O)(=O)c3ccc(Br)cc3)c2F)c1F)c1ccc(Br)cc1. The number of hydrogen-bond donors (Lipinski definition) is 2. The van der Waals surface area contributed by atoms with Crippen molar-refractivity contribution < 1.29 is 51.0 Å². The fourth-order valence-corrected chi connectivity index (χ4v) is 16.9. The molecule has 0 radical (unpaired) electrons. The molecule has 0 bridgehead atoms. The van der Waals surface area contributed by atoms with Crippen LogP contribution >= 0.6 is 31.9 Å². The number of hydrogen-bond acceptors (Lipinski definition) is 4. The summed E-state index contributed by atoms with van der Waals surface area (Å²) >= 11 is 1.03. The third-order valence-electron chi connectivity index (χ3n) is 8.17. The maximum absolute atomic E-state index is 17.0. The summed E-state index contributed by atoms with van der Waals surface area (Å²) in [5.41, 5.74) is -1.25. The normalized spacial score (nSPS) is 14.6. The average molecular weight is 872 g/mol. The van der Waals surface area contributed by atoms with Gasteiger partial charge in [0.05, 0.1) is 0 Å². The van der Waals surface area contributed by atoms with E-state index in [0.717, 1.165) is 24.3 Å². The Labute approximate surface area is 301 Å². The number of allylic oxidation sites excluding steroid dienone is 8. The van der Waals surface area contributed by atoms with Gasteiger partial charge in [0.15, 0.2) is 0 Å². The van der Waals surface area contributed by atoms with Gasteiger partial charge in [-0.1, -0.05) is 0 Å². The molecule has 0 aliphatic heterocycles. The molecule has 0 heterocycles. The molecule has 4 aromatic rings. The van der Waals surface area contributed by atoms with Crippen LogP contribution in [0.25, 0.3) is 0 Å². The molecule has 2 aliphatic carbocycles. The zero-order valence-electron chi connectivity index (χ0n) is 25.0. The topological polar surface area (TPSA) is 92.3 Å². The second-order valence-corrected chi connectivity index (χ2v) is 22.2. The van der Waals surface area contributed by atoms with Crippen molar-refractivity contribution in [3.8, 4) is 0 Å². The van der Waals surface area contributed by atoms with Crippen LogP contribution in [-0.2, 0) is 36.6 Å². The molecule has 15 heteroatoms. The van der Waals surface area contributed by atoms with Crippen LogP contribution in [0.2, 0.25) is 0 Å². The Kier molecular flexibility index (Phi) is 10.0. The zero-order chi connectivity index (χ0) is 35.1. The molecule has 0 saturated heterocycles. The molecule has 0 amide bonds. The van der Waals surface area contributed by atoms with Crippen LogP contribution in [0.4, 0.5) is 28.9 Å². The summed E-state index contributed by atoms with van der Waals surface area (Å²) in [6.07, 6.45) is 9.92. The van der Waals surface area contributed by atoms with Crippen LogP contribution in [-0.4, -0.2) is 16.8 Å².